The van der Waals surface area contributed by atoms with Gasteiger partial charge in [0.2, 0.25) is 0 Å². The van der Waals surface area contributed by atoms with Gasteiger partial charge < -0.3 is 9.64 Å². The number of piperidine rings is 1. The fraction of sp³-hybridized carbons (Fsp3) is 0.565. The molecular weight excluding hydrogens is 350 g/mol. The minimum Gasteiger partial charge on any atom is -0.375 e. The number of benzene rings is 1. The van der Waals surface area contributed by atoms with Crippen molar-refractivity contribution in [3.05, 3.63) is 53.3 Å². The Hall–Kier alpha value is -2.14. The van der Waals surface area contributed by atoms with Crippen molar-refractivity contribution < 1.29 is 9.53 Å². The van der Waals surface area contributed by atoms with E-state index in [2.05, 4.69) is 36.3 Å². The van der Waals surface area contributed by atoms with Gasteiger partial charge in [0.05, 0.1) is 17.4 Å². The third-order valence-corrected chi connectivity index (χ3v) is 6.41. The molecule has 1 unspecified atom stereocenters. The summed E-state index contributed by atoms with van der Waals surface area (Å²) in [7, 11) is 0. The van der Waals surface area contributed by atoms with Gasteiger partial charge in [-0.15, -0.1) is 0 Å². The molecule has 5 nitrogen and oxygen atoms in total. The number of aryl methyl sites for hydroxylation is 2. The van der Waals surface area contributed by atoms with Crippen molar-refractivity contribution in [2.45, 2.75) is 58.1 Å². The third kappa shape index (κ3) is 4.14. The summed E-state index contributed by atoms with van der Waals surface area (Å²) in [6, 6.07) is 8.93. The number of hydrogen-bond acceptors (Lipinski definition) is 3. The first-order valence-corrected chi connectivity index (χ1v) is 10.6. The molecule has 1 aromatic heterocycles. The maximum absolute atomic E-state index is 12.8. The van der Waals surface area contributed by atoms with Crippen LogP contribution in [0.3, 0.4) is 0 Å². The lowest BCUT2D eigenvalue weighted by atomic mass is 9.77. The number of aromatic nitrogens is 2. The topological polar surface area (TPSA) is 47.4 Å². The van der Waals surface area contributed by atoms with E-state index in [9.17, 15) is 4.79 Å². The predicted octanol–water partition coefficient (Wildman–Crippen LogP) is 3.86. The van der Waals surface area contributed by atoms with Gasteiger partial charge in [0, 0.05) is 32.4 Å². The van der Waals surface area contributed by atoms with Crippen molar-refractivity contribution >= 4 is 5.91 Å². The average molecular weight is 382 g/mol. The molecule has 4 rings (SSSR count). The Morgan fingerprint density at radius 2 is 2.00 bits per heavy atom. The fourth-order valence-corrected chi connectivity index (χ4v) is 4.66. The van der Waals surface area contributed by atoms with E-state index in [0.29, 0.717) is 11.5 Å². The van der Waals surface area contributed by atoms with Crippen molar-refractivity contribution in [1.82, 2.24) is 14.7 Å². The first kappa shape index (κ1) is 19.2. The van der Waals surface area contributed by atoms with E-state index >= 15 is 0 Å². The molecule has 0 aliphatic carbocycles. The Morgan fingerprint density at radius 3 is 2.68 bits per heavy atom. The van der Waals surface area contributed by atoms with Crippen LogP contribution in [0.5, 0.6) is 0 Å². The van der Waals surface area contributed by atoms with E-state index < -0.39 is 0 Å². The van der Waals surface area contributed by atoms with Crippen molar-refractivity contribution in [2.24, 2.45) is 5.92 Å². The lowest BCUT2D eigenvalue weighted by Gasteiger charge is -2.46. The molecule has 2 fully saturated rings. The second kappa shape index (κ2) is 8.08. The molecule has 0 radical (unpaired) electrons. The molecule has 0 bridgehead atoms. The van der Waals surface area contributed by atoms with Crippen LogP contribution in [0, 0.1) is 12.8 Å². The highest BCUT2D eigenvalue weighted by molar-refractivity contribution is 5.93. The van der Waals surface area contributed by atoms with Crippen LogP contribution in [0.2, 0.25) is 0 Å². The molecule has 1 spiro atoms. The highest BCUT2D eigenvalue weighted by atomic mass is 16.5. The summed E-state index contributed by atoms with van der Waals surface area (Å²) in [4.78, 5) is 14.7. The number of hydrogen-bond donors (Lipinski definition) is 0. The Balaban J connectivity index is 1.34. The molecule has 1 amide bonds. The van der Waals surface area contributed by atoms with Crippen LogP contribution in [0.15, 0.2) is 36.7 Å². The number of carbonyl (C=O) groups is 1. The third-order valence-electron chi connectivity index (χ3n) is 6.41. The van der Waals surface area contributed by atoms with Crippen LogP contribution < -0.4 is 0 Å². The fourth-order valence-electron chi connectivity index (χ4n) is 4.66. The minimum absolute atomic E-state index is 0.0437. The maximum Gasteiger partial charge on any atom is 0.257 e. The van der Waals surface area contributed by atoms with Gasteiger partial charge in [-0.3, -0.25) is 9.48 Å². The van der Waals surface area contributed by atoms with Gasteiger partial charge >= 0.3 is 0 Å². The maximum atomic E-state index is 12.8. The summed E-state index contributed by atoms with van der Waals surface area (Å²) in [5, 5.41) is 4.23. The molecule has 150 valence electrons. The lowest BCUT2D eigenvalue weighted by molar-refractivity contribution is -0.123. The van der Waals surface area contributed by atoms with Gasteiger partial charge in [0.15, 0.2) is 0 Å². The van der Waals surface area contributed by atoms with E-state index in [1.807, 2.05) is 18.0 Å². The molecule has 1 aromatic carbocycles. The first-order chi connectivity index (χ1) is 13.6. The highest BCUT2D eigenvalue weighted by Crippen LogP contribution is 2.39. The Labute approximate surface area is 167 Å². The standard InChI is InChI=1S/C23H31N3O2/c1-3-26-17-21(16-24-26)22(27)25-11-9-23(10-12-25)15-20(8-13-28-23)14-19-6-4-18(2)5-7-19/h4-7,16-17,20H,3,8-15H2,1-2H3. The van der Waals surface area contributed by atoms with Gasteiger partial charge in [-0.05, 0) is 57.4 Å². The van der Waals surface area contributed by atoms with Crippen molar-refractivity contribution in [1.29, 1.82) is 0 Å². The smallest absolute Gasteiger partial charge is 0.257 e. The van der Waals surface area contributed by atoms with Crippen molar-refractivity contribution in [2.75, 3.05) is 19.7 Å². The predicted molar refractivity (Wildman–Crippen MR) is 109 cm³/mol. The molecule has 0 N–H and O–H groups in total. The molecule has 28 heavy (non-hydrogen) atoms. The minimum atomic E-state index is -0.0437. The Morgan fingerprint density at radius 1 is 1.25 bits per heavy atom. The van der Waals surface area contributed by atoms with E-state index in [1.165, 1.54) is 11.1 Å². The van der Waals surface area contributed by atoms with E-state index in [4.69, 9.17) is 4.74 Å². The molecule has 2 aromatic rings. The number of rotatable bonds is 4. The highest BCUT2D eigenvalue weighted by Gasteiger charge is 2.41. The summed E-state index contributed by atoms with van der Waals surface area (Å²) >= 11 is 0. The van der Waals surface area contributed by atoms with Crippen molar-refractivity contribution in [3.8, 4) is 0 Å². The SMILES string of the molecule is CCn1cc(C(=O)N2CCC3(CC2)CC(Cc2ccc(C)cc2)CCO3)cn1. The number of nitrogens with zero attached hydrogens (tertiary/aromatic N) is 3. The average Bonchev–Trinajstić information content (AvgIpc) is 3.19. The second-order valence-corrected chi connectivity index (χ2v) is 8.46. The monoisotopic (exact) mass is 381 g/mol. The number of ether oxygens (including phenoxy) is 1. The Kier molecular flexibility index (Phi) is 5.54. The number of amides is 1. The molecule has 1 atom stereocenters. The van der Waals surface area contributed by atoms with E-state index in [-0.39, 0.29) is 11.5 Å². The van der Waals surface area contributed by atoms with Gasteiger partial charge in [-0.1, -0.05) is 29.8 Å². The van der Waals surface area contributed by atoms with E-state index in [0.717, 1.165) is 58.3 Å². The van der Waals surface area contributed by atoms with E-state index in [1.54, 1.807) is 10.9 Å². The summed E-state index contributed by atoms with van der Waals surface area (Å²) < 4.78 is 8.10. The summed E-state index contributed by atoms with van der Waals surface area (Å²) in [6.45, 7) is 7.33. The summed E-state index contributed by atoms with van der Waals surface area (Å²) in [5.41, 5.74) is 3.39. The van der Waals surface area contributed by atoms with Crippen LogP contribution >= 0.6 is 0 Å². The zero-order valence-corrected chi connectivity index (χ0v) is 17.1. The molecule has 2 saturated heterocycles. The summed E-state index contributed by atoms with van der Waals surface area (Å²) in [6.07, 6.45) is 8.78. The van der Waals surface area contributed by atoms with Gasteiger partial charge in [0.1, 0.15) is 0 Å². The van der Waals surface area contributed by atoms with Crippen LogP contribution in [0.1, 0.15) is 54.1 Å². The number of carbonyl (C=O) groups excluding carboxylic acids is 1. The lowest BCUT2D eigenvalue weighted by Crippen LogP contribution is -2.51. The largest absolute Gasteiger partial charge is 0.375 e. The molecule has 0 saturated carbocycles. The zero-order valence-electron chi connectivity index (χ0n) is 17.1. The quantitative estimate of drug-likeness (QED) is 0.808. The summed E-state index contributed by atoms with van der Waals surface area (Å²) in [5.74, 6) is 0.767. The first-order valence-electron chi connectivity index (χ1n) is 10.6. The van der Waals surface area contributed by atoms with Crippen LogP contribution in [-0.4, -0.2) is 45.9 Å². The molecule has 5 heteroatoms. The van der Waals surface area contributed by atoms with Crippen LogP contribution in [0.4, 0.5) is 0 Å². The van der Waals surface area contributed by atoms with Gasteiger partial charge in [-0.25, -0.2) is 0 Å². The Bertz CT molecular complexity index is 804. The van der Waals surface area contributed by atoms with Crippen LogP contribution in [0.25, 0.3) is 0 Å². The number of likely N-dealkylation sites (tertiary alicyclic amines) is 1. The van der Waals surface area contributed by atoms with Crippen LogP contribution in [-0.2, 0) is 17.7 Å². The van der Waals surface area contributed by atoms with Crippen molar-refractivity contribution in [3.63, 3.8) is 0 Å². The molecule has 3 heterocycles. The van der Waals surface area contributed by atoms with Gasteiger partial charge in [-0.2, -0.15) is 5.10 Å². The second-order valence-electron chi connectivity index (χ2n) is 8.46. The van der Waals surface area contributed by atoms with Gasteiger partial charge in [0.25, 0.3) is 5.91 Å². The zero-order chi connectivity index (χ0) is 19.6. The molecule has 2 aliphatic heterocycles. The normalized spacial score (nSPS) is 21.8. The molecule has 2 aliphatic rings. The molecular formula is C23H31N3O2.